The van der Waals surface area contributed by atoms with Crippen molar-refractivity contribution in [2.75, 3.05) is 33.0 Å². The van der Waals surface area contributed by atoms with Crippen molar-refractivity contribution in [3.8, 4) is 0 Å². The van der Waals surface area contributed by atoms with Gasteiger partial charge < -0.3 is 19.2 Å². The van der Waals surface area contributed by atoms with Gasteiger partial charge in [-0.1, -0.05) is 13.3 Å². The number of ether oxygens (including phenoxy) is 2. The molecule has 0 aliphatic rings. The van der Waals surface area contributed by atoms with Gasteiger partial charge in [0.25, 0.3) is 0 Å². The van der Waals surface area contributed by atoms with Crippen LogP contribution in [0.1, 0.15) is 38.5 Å². The molecule has 0 aliphatic heterocycles. The number of furan rings is 1. The van der Waals surface area contributed by atoms with Crippen molar-refractivity contribution < 1.29 is 13.9 Å². The van der Waals surface area contributed by atoms with Gasteiger partial charge in [0.05, 0.1) is 32.1 Å². The molecule has 0 saturated carbocycles. The van der Waals surface area contributed by atoms with E-state index in [0.717, 1.165) is 25.3 Å². The maximum atomic E-state index is 5.46. The van der Waals surface area contributed by atoms with Gasteiger partial charge in [0.1, 0.15) is 5.76 Å². The molecule has 1 rings (SSSR count). The van der Waals surface area contributed by atoms with Crippen LogP contribution in [0, 0.1) is 0 Å². The molecule has 0 spiro atoms. The van der Waals surface area contributed by atoms with Crippen LogP contribution in [0.25, 0.3) is 0 Å². The number of hydrogen-bond acceptors (Lipinski definition) is 4. The average Bonchev–Trinajstić information content (AvgIpc) is 2.90. The standard InChI is InChI=1S/C14H25NO3/c1-3-4-8-16-11-12-17-10-7-15-13(2)14-6-5-9-18-14/h5-6,9,13,15H,3-4,7-8,10-12H2,1-2H3. The molecular weight excluding hydrogens is 230 g/mol. The molecular formula is C14H25NO3. The summed E-state index contributed by atoms with van der Waals surface area (Å²) in [6.45, 7) is 7.94. The van der Waals surface area contributed by atoms with E-state index in [1.807, 2.05) is 12.1 Å². The summed E-state index contributed by atoms with van der Waals surface area (Å²) in [7, 11) is 0. The molecule has 1 aromatic rings. The molecule has 1 N–H and O–H groups in total. The molecule has 1 aromatic heterocycles. The molecule has 4 nitrogen and oxygen atoms in total. The van der Waals surface area contributed by atoms with Gasteiger partial charge in [-0.25, -0.2) is 0 Å². The Hall–Kier alpha value is -0.840. The number of nitrogens with one attached hydrogen (secondary N) is 1. The number of unbranched alkanes of at least 4 members (excludes halogenated alkanes) is 1. The minimum Gasteiger partial charge on any atom is -0.468 e. The van der Waals surface area contributed by atoms with Crippen molar-refractivity contribution in [2.45, 2.75) is 32.7 Å². The lowest BCUT2D eigenvalue weighted by Crippen LogP contribution is -2.23. The van der Waals surface area contributed by atoms with Crippen molar-refractivity contribution in [1.29, 1.82) is 0 Å². The molecule has 0 fully saturated rings. The number of hydrogen-bond donors (Lipinski definition) is 1. The summed E-state index contributed by atoms with van der Waals surface area (Å²) < 4.78 is 16.2. The van der Waals surface area contributed by atoms with E-state index in [1.165, 1.54) is 6.42 Å². The van der Waals surface area contributed by atoms with E-state index < -0.39 is 0 Å². The van der Waals surface area contributed by atoms with Crippen molar-refractivity contribution in [3.05, 3.63) is 24.2 Å². The van der Waals surface area contributed by atoms with Crippen molar-refractivity contribution in [1.82, 2.24) is 5.32 Å². The number of rotatable bonds is 11. The molecule has 0 aliphatic carbocycles. The van der Waals surface area contributed by atoms with Gasteiger partial charge in [-0.2, -0.15) is 0 Å². The highest BCUT2D eigenvalue weighted by Crippen LogP contribution is 2.11. The Balaban J connectivity index is 1.87. The lowest BCUT2D eigenvalue weighted by Gasteiger charge is -2.11. The van der Waals surface area contributed by atoms with E-state index in [1.54, 1.807) is 6.26 Å². The fourth-order valence-electron chi connectivity index (χ4n) is 1.55. The van der Waals surface area contributed by atoms with Crippen LogP contribution in [0.5, 0.6) is 0 Å². The molecule has 104 valence electrons. The maximum absolute atomic E-state index is 5.46. The Labute approximate surface area is 110 Å². The van der Waals surface area contributed by atoms with Crippen LogP contribution in [0.15, 0.2) is 22.8 Å². The predicted molar refractivity (Wildman–Crippen MR) is 71.7 cm³/mol. The Kier molecular flexibility index (Phi) is 8.55. The van der Waals surface area contributed by atoms with Gasteiger partial charge in [0.2, 0.25) is 0 Å². The van der Waals surface area contributed by atoms with Crippen LogP contribution in [-0.2, 0) is 9.47 Å². The highest BCUT2D eigenvalue weighted by atomic mass is 16.5. The maximum Gasteiger partial charge on any atom is 0.120 e. The molecule has 0 radical (unpaired) electrons. The largest absolute Gasteiger partial charge is 0.468 e. The summed E-state index contributed by atoms with van der Waals surface area (Å²) in [6, 6.07) is 4.10. The Morgan fingerprint density at radius 2 is 2.00 bits per heavy atom. The quantitative estimate of drug-likeness (QED) is 0.617. The molecule has 0 aromatic carbocycles. The van der Waals surface area contributed by atoms with Gasteiger partial charge in [-0.3, -0.25) is 0 Å². The van der Waals surface area contributed by atoms with Gasteiger partial charge in [-0.15, -0.1) is 0 Å². The SMILES string of the molecule is CCCCOCCOCCNC(C)c1ccco1. The van der Waals surface area contributed by atoms with Crippen molar-refractivity contribution in [2.24, 2.45) is 0 Å². The fourth-order valence-corrected chi connectivity index (χ4v) is 1.55. The first-order valence-corrected chi connectivity index (χ1v) is 6.77. The van der Waals surface area contributed by atoms with Crippen LogP contribution < -0.4 is 5.32 Å². The summed E-state index contributed by atoms with van der Waals surface area (Å²) in [5.41, 5.74) is 0. The fraction of sp³-hybridized carbons (Fsp3) is 0.714. The molecule has 1 atom stereocenters. The summed E-state index contributed by atoms with van der Waals surface area (Å²) in [4.78, 5) is 0. The van der Waals surface area contributed by atoms with Crippen LogP contribution in [0.3, 0.4) is 0 Å². The summed E-state index contributed by atoms with van der Waals surface area (Å²) >= 11 is 0. The Bertz CT molecular complexity index is 275. The Morgan fingerprint density at radius 1 is 1.22 bits per heavy atom. The van der Waals surface area contributed by atoms with Gasteiger partial charge >= 0.3 is 0 Å². The topological polar surface area (TPSA) is 43.6 Å². The third-order valence-corrected chi connectivity index (χ3v) is 2.68. The van der Waals surface area contributed by atoms with Gasteiger partial charge in [0.15, 0.2) is 0 Å². The zero-order valence-electron chi connectivity index (χ0n) is 11.5. The second-order valence-electron chi connectivity index (χ2n) is 4.27. The van der Waals surface area contributed by atoms with Crippen LogP contribution in [-0.4, -0.2) is 33.0 Å². The first-order valence-electron chi connectivity index (χ1n) is 6.77. The zero-order valence-corrected chi connectivity index (χ0v) is 11.5. The van der Waals surface area contributed by atoms with Gasteiger partial charge in [0, 0.05) is 13.2 Å². The summed E-state index contributed by atoms with van der Waals surface area (Å²) in [6.07, 6.45) is 4.00. The minimum absolute atomic E-state index is 0.226. The van der Waals surface area contributed by atoms with E-state index in [0.29, 0.717) is 19.8 Å². The van der Waals surface area contributed by atoms with E-state index in [9.17, 15) is 0 Å². The summed E-state index contributed by atoms with van der Waals surface area (Å²) in [5, 5.41) is 3.34. The molecule has 4 heteroatoms. The molecule has 18 heavy (non-hydrogen) atoms. The highest BCUT2D eigenvalue weighted by molar-refractivity contribution is 5.02. The predicted octanol–water partition coefficient (Wildman–Crippen LogP) is 2.76. The highest BCUT2D eigenvalue weighted by Gasteiger charge is 2.05. The third kappa shape index (κ3) is 6.79. The first-order chi connectivity index (χ1) is 8.84. The molecule has 0 saturated heterocycles. The van der Waals surface area contributed by atoms with Crippen molar-refractivity contribution in [3.63, 3.8) is 0 Å². The summed E-state index contributed by atoms with van der Waals surface area (Å²) in [5.74, 6) is 0.956. The lowest BCUT2D eigenvalue weighted by atomic mass is 10.2. The lowest BCUT2D eigenvalue weighted by molar-refractivity contribution is 0.0471. The molecule has 1 unspecified atom stereocenters. The van der Waals surface area contributed by atoms with Crippen LogP contribution >= 0.6 is 0 Å². The van der Waals surface area contributed by atoms with E-state index >= 15 is 0 Å². The van der Waals surface area contributed by atoms with E-state index in [4.69, 9.17) is 13.9 Å². The smallest absolute Gasteiger partial charge is 0.120 e. The normalized spacial score (nSPS) is 12.8. The molecule has 1 heterocycles. The average molecular weight is 255 g/mol. The third-order valence-electron chi connectivity index (χ3n) is 2.68. The monoisotopic (exact) mass is 255 g/mol. The van der Waals surface area contributed by atoms with Crippen LogP contribution in [0.4, 0.5) is 0 Å². The second-order valence-corrected chi connectivity index (χ2v) is 4.27. The van der Waals surface area contributed by atoms with E-state index in [-0.39, 0.29) is 6.04 Å². The van der Waals surface area contributed by atoms with E-state index in [2.05, 4.69) is 19.2 Å². The first kappa shape index (κ1) is 15.2. The van der Waals surface area contributed by atoms with Crippen LogP contribution in [0.2, 0.25) is 0 Å². The van der Waals surface area contributed by atoms with Gasteiger partial charge in [-0.05, 0) is 25.5 Å². The Morgan fingerprint density at radius 3 is 2.67 bits per heavy atom. The molecule has 0 amide bonds. The van der Waals surface area contributed by atoms with Crippen molar-refractivity contribution >= 4 is 0 Å². The molecule has 0 bridgehead atoms. The zero-order chi connectivity index (χ0) is 13.1. The second kappa shape index (κ2) is 10.1. The minimum atomic E-state index is 0.226.